The summed E-state index contributed by atoms with van der Waals surface area (Å²) >= 11 is 0. The van der Waals surface area contributed by atoms with Crippen LogP contribution in [0.3, 0.4) is 0 Å². The van der Waals surface area contributed by atoms with Gasteiger partial charge in [0, 0.05) is 0 Å². The zero-order chi connectivity index (χ0) is 26.5. The highest BCUT2D eigenvalue weighted by molar-refractivity contribution is 6.23. The Hall–Kier alpha value is -3.64. The van der Waals surface area contributed by atoms with Crippen LogP contribution in [-0.2, 0) is 14.4 Å². The molecule has 3 aromatic rings. The molecule has 0 radical (unpaired) electrons. The Balaban J connectivity index is 1.35. The lowest BCUT2D eigenvalue weighted by Gasteiger charge is -2.29. The molecule has 2 aliphatic heterocycles. The molecule has 0 unspecified atom stereocenters. The minimum absolute atomic E-state index is 0.240. The molecule has 2 fully saturated rings. The highest BCUT2D eigenvalue weighted by Gasteiger charge is 2.60. The van der Waals surface area contributed by atoms with Gasteiger partial charge in [0.15, 0.2) is 6.10 Å². The van der Waals surface area contributed by atoms with Gasteiger partial charge in [0.25, 0.3) is 5.91 Å². The standard InChI is InChI=1S/C32H36N2O4/c1-3-4-5-6-7-11-22-37-27-20-16-24(17-21-27)29-28-30(38-34(29)26-12-9-8-10-13-26)32(36)33(31(28)35)25-18-14-23(2)15-19-25/h8-10,12-21,28-30H,3-7,11,22H2,1-2H3/t28-,29+,30+/m0/s1. The Morgan fingerprint density at radius 1 is 0.763 bits per heavy atom. The number of hydroxylamine groups is 1. The minimum Gasteiger partial charge on any atom is -0.494 e. The van der Waals surface area contributed by atoms with Crippen molar-refractivity contribution < 1.29 is 19.2 Å². The molecule has 2 amide bonds. The van der Waals surface area contributed by atoms with Crippen molar-refractivity contribution in [2.75, 3.05) is 16.6 Å². The normalized spacial score (nSPS) is 20.7. The fourth-order valence-electron chi connectivity index (χ4n) is 5.33. The van der Waals surface area contributed by atoms with Gasteiger partial charge >= 0.3 is 0 Å². The number of rotatable bonds is 11. The van der Waals surface area contributed by atoms with E-state index in [1.807, 2.05) is 85.8 Å². The summed E-state index contributed by atoms with van der Waals surface area (Å²) in [4.78, 5) is 34.7. The number of nitrogens with zero attached hydrogens (tertiary/aromatic N) is 2. The van der Waals surface area contributed by atoms with Gasteiger partial charge in [-0.25, -0.2) is 9.96 Å². The molecule has 3 atom stereocenters. The van der Waals surface area contributed by atoms with Crippen LogP contribution in [0.4, 0.5) is 11.4 Å². The number of ether oxygens (including phenoxy) is 1. The lowest BCUT2D eigenvalue weighted by Crippen LogP contribution is -2.37. The molecule has 198 valence electrons. The molecule has 2 heterocycles. The lowest BCUT2D eigenvalue weighted by atomic mass is 9.90. The van der Waals surface area contributed by atoms with Gasteiger partial charge in [0.2, 0.25) is 5.91 Å². The van der Waals surface area contributed by atoms with Gasteiger partial charge in [-0.15, -0.1) is 0 Å². The van der Waals surface area contributed by atoms with E-state index in [4.69, 9.17) is 9.57 Å². The largest absolute Gasteiger partial charge is 0.494 e. The van der Waals surface area contributed by atoms with Gasteiger partial charge in [0.1, 0.15) is 11.7 Å². The molecule has 0 spiro atoms. The van der Waals surface area contributed by atoms with E-state index in [2.05, 4.69) is 6.92 Å². The highest BCUT2D eigenvalue weighted by atomic mass is 16.7. The maximum absolute atomic E-state index is 13.8. The maximum Gasteiger partial charge on any atom is 0.266 e. The fraction of sp³-hybridized carbons (Fsp3) is 0.375. The predicted octanol–water partition coefficient (Wildman–Crippen LogP) is 6.79. The zero-order valence-electron chi connectivity index (χ0n) is 22.2. The molecule has 0 bridgehead atoms. The molecule has 2 aliphatic rings. The molecule has 0 N–H and O–H groups in total. The predicted molar refractivity (Wildman–Crippen MR) is 149 cm³/mol. The monoisotopic (exact) mass is 512 g/mol. The molecule has 6 nitrogen and oxygen atoms in total. The van der Waals surface area contributed by atoms with E-state index in [1.165, 1.54) is 37.0 Å². The van der Waals surface area contributed by atoms with Gasteiger partial charge in [0.05, 0.1) is 24.0 Å². The summed E-state index contributed by atoms with van der Waals surface area (Å²) in [7, 11) is 0. The average Bonchev–Trinajstić information content (AvgIpc) is 3.45. The van der Waals surface area contributed by atoms with Crippen molar-refractivity contribution in [1.29, 1.82) is 0 Å². The van der Waals surface area contributed by atoms with Crippen molar-refractivity contribution in [2.45, 2.75) is 64.5 Å². The van der Waals surface area contributed by atoms with Crippen LogP contribution in [-0.4, -0.2) is 24.5 Å². The smallest absolute Gasteiger partial charge is 0.266 e. The van der Waals surface area contributed by atoms with Crippen LogP contribution in [0.1, 0.15) is 62.6 Å². The summed E-state index contributed by atoms with van der Waals surface area (Å²) in [5.74, 6) is -0.417. The SMILES string of the molecule is CCCCCCCCOc1ccc([C@@H]2[C@@H]3C(=O)N(c4ccc(C)cc4)C(=O)[C@@H]3ON2c2ccccc2)cc1. The van der Waals surface area contributed by atoms with Crippen LogP contribution in [0.5, 0.6) is 5.75 Å². The Bertz CT molecular complexity index is 1230. The van der Waals surface area contributed by atoms with Gasteiger partial charge in [-0.05, 0) is 55.3 Å². The molecule has 6 heteroatoms. The Morgan fingerprint density at radius 3 is 2.16 bits per heavy atom. The van der Waals surface area contributed by atoms with Crippen molar-refractivity contribution in [3.63, 3.8) is 0 Å². The van der Waals surface area contributed by atoms with E-state index in [1.54, 1.807) is 5.06 Å². The fourth-order valence-corrected chi connectivity index (χ4v) is 5.33. The second-order valence-corrected chi connectivity index (χ2v) is 10.2. The number of hydrogen-bond acceptors (Lipinski definition) is 5. The second-order valence-electron chi connectivity index (χ2n) is 10.2. The van der Waals surface area contributed by atoms with Crippen LogP contribution in [0.15, 0.2) is 78.9 Å². The van der Waals surface area contributed by atoms with Crippen LogP contribution in [0.2, 0.25) is 0 Å². The number of fused-ring (bicyclic) bond motifs is 1. The number of imide groups is 1. The minimum atomic E-state index is -0.877. The first-order valence-corrected chi connectivity index (χ1v) is 13.8. The number of unbranched alkanes of at least 4 members (excludes halogenated alkanes) is 5. The topological polar surface area (TPSA) is 59.1 Å². The third kappa shape index (κ3) is 5.32. The van der Waals surface area contributed by atoms with Crippen molar-refractivity contribution >= 4 is 23.2 Å². The second kappa shape index (κ2) is 11.8. The van der Waals surface area contributed by atoms with E-state index in [9.17, 15) is 9.59 Å². The lowest BCUT2D eigenvalue weighted by molar-refractivity contribution is -0.126. The van der Waals surface area contributed by atoms with Gasteiger partial charge in [-0.3, -0.25) is 14.4 Å². The van der Waals surface area contributed by atoms with E-state index in [0.29, 0.717) is 12.3 Å². The van der Waals surface area contributed by atoms with Crippen molar-refractivity contribution in [2.24, 2.45) is 5.92 Å². The first kappa shape index (κ1) is 26.0. The van der Waals surface area contributed by atoms with Gasteiger partial charge < -0.3 is 4.74 Å². The van der Waals surface area contributed by atoms with Crippen molar-refractivity contribution in [3.05, 3.63) is 90.0 Å². The van der Waals surface area contributed by atoms with Gasteiger partial charge in [-0.1, -0.05) is 87.1 Å². The Labute approximate surface area is 225 Å². The summed E-state index contributed by atoms with van der Waals surface area (Å²) < 4.78 is 5.98. The number of benzene rings is 3. The van der Waals surface area contributed by atoms with Crippen LogP contribution in [0.25, 0.3) is 0 Å². The van der Waals surface area contributed by atoms with Crippen LogP contribution >= 0.6 is 0 Å². The molecule has 0 aromatic heterocycles. The van der Waals surface area contributed by atoms with E-state index >= 15 is 0 Å². The third-order valence-electron chi connectivity index (χ3n) is 7.41. The van der Waals surface area contributed by atoms with Crippen LogP contribution < -0.4 is 14.7 Å². The first-order valence-electron chi connectivity index (χ1n) is 13.8. The molecular weight excluding hydrogens is 476 g/mol. The molecule has 5 rings (SSSR count). The quantitative estimate of drug-likeness (QED) is 0.209. The Morgan fingerprint density at radius 2 is 1.45 bits per heavy atom. The number of aryl methyl sites for hydroxylation is 1. The third-order valence-corrected chi connectivity index (χ3v) is 7.41. The number of para-hydroxylation sites is 1. The molecule has 2 saturated heterocycles. The van der Waals surface area contributed by atoms with Crippen molar-refractivity contribution in [3.8, 4) is 5.75 Å². The number of carbonyl (C=O) groups excluding carboxylic acids is 2. The first-order chi connectivity index (χ1) is 18.6. The average molecular weight is 513 g/mol. The molecular formula is C32H36N2O4. The number of hydrogen-bond donors (Lipinski definition) is 0. The molecule has 3 aromatic carbocycles. The molecule has 38 heavy (non-hydrogen) atoms. The number of anilines is 2. The summed E-state index contributed by atoms with van der Waals surface area (Å²) in [6.07, 6.45) is 6.43. The summed E-state index contributed by atoms with van der Waals surface area (Å²) in [6, 6.07) is 24.5. The zero-order valence-corrected chi connectivity index (χ0v) is 22.2. The van der Waals surface area contributed by atoms with Crippen molar-refractivity contribution in [1.82, 2.24) is 0 Å². The van der Waals surface area contributed by atoms with E-state index < -0.39 is 18.1 Å². The van der Waals surface area contributed by atoms with Crippen LogP contribution in [0, 0.1) is 12.8 Å². The number of carbonyl (C=O) groups is 2. The highest BCUT2D eigenvalue weighted by Crippen LogP contribution is 2.47. The molecule has 0 aliphatic carbocycles. The molecule has 0 saturated carbocycles. The maximum atomic E-state index is 13.8. The van der Waals surface area contributed by atoms with Gasteiger partial charge in [-0.2, -0.15) is 0 Å². The van der Waals surface area contributed by atoms with E-state index in [0.717, 1.165) is 29.0 Å². The summed E-state index contributed by atoms with van der Waals surface area (Å²) in [6.45, 7) is 4.89. The van der Waals surface area contributed by atoms with E-state index in [-0.39, 0.29) is 11.8 Å². The summed E-state index contributed by atoms with van der Waals surface area (Å²) in [5, 5.41) is 1.73. The number of amides is 2. The Kier molecular flexibility index (Phi) is 8.08. The summed E-state index contributed by atoms with van der Waals surface area (Å²) in [5.41, 5.74) is 3.35.